The van der Waals surface area contributed by atoms with Crippen LogP contribution >= 0.6 is 0 Å². The van der Waals surface area contributed by atoms with Gasteiger partial charge in [-0.2, -0.15) is 0 Å². The molecule has 1 aliphatic heterocycles. The van der Waals surface area contributed by atoms with Crippen LogP contribution in [0.15, 0.2) is 40.3 Å². The molecule has 134 valence electrons. The molecule has 4 rings (SSSR count). The van der Waals surface area contributed by atoms with Crippen LogP contribution in [0, 0.1) is 11.8 Å². The Labute approximate surface area is 152 Å². The molecule has 3 aliphatic rings. The van der Waals surface area contributed by atoms with E-state index in [0.29, 0.717) is 6.04 Å². The zero-order valence-electron chi connectivity index (χ0n) is 15.5. The lowest BCUT2D eigenvalue weighted by Crippen LogP contribution is -2.25. The Morgan fingerprint density at radius 1 is 0.920 bits per heavy atom. The molecule has 25 heavy (non-hydrogen) atoms. The lowest BCUT2D eigenvalue weighted by Gasteiger charge is -2.30. The highest BCUT2D eigenvalue weighted by molar-refractivity contribution is 6.12. The monoisotopic (exact) mass is 336 g/mol. The molecule has 2 heteroatoms. The minimum Gasteiger partial charge on any atom is -0.294 e. The largest absolute Gasteiger partial charge is 0.294 e. The molecule has 0 spiro atoms. The first-order valence-electron chi connectivity index (χ1n) is 10.5. The summed E-state index contributed by atoms with van der Waals surface area (Å²) in [7, 11) is 0. The van der Waals surface area contributed by atoms with E-state index in [9.17, 15) is 0 Å². The SMILES string of the molecule is c1ccc(C(CC2=NCCC2)=NC2CCCC2C2CCCCC2)cc1. The van der Waals surface area contributed by atoms with Gasteiger partial charge in [-0.25, -0.2) is 0 Å². The molecule has 2 aliphatic carbocycles. The van der Waals surface area contributed by atoms with Crippen LogP contribution in [-0.4, -0.2) is 24.0 Å². The summed E-state index contributed by atoms with van der Waals surface area (Å²) >= 11 is 0. The molecule has 0 N–H and O–H groups in total. The van der Waals surface area contributed by atoms with Gasteiger partial charge in [-0.05, 0) is 43.1 Å². The Morgan fingerprint density at radius 3 is 2.52 bits per heavy atom. The van der Waals surface area contributed by atoms with E-state index < -0.39 is 0 Å². The van der Waals surface area contributed by atoms with Crippen LogP contribution in [0.1, 0.15) is 76.2 Å². The van der Waals surface area contributed by atoms with Crippen LogP contribution in [-0.2, 0) is 0 Å². The molecular weight excluding hydrogens is 304 g/mol. The number of rotatable bonds is 5. The van der Waals surface area contributed by atoms with Gasteiger partial charge >= 0.3 is 0 Å². The maximum atomic E-state index is 5.40. The summed E-state index contributed by atoms with van der Waals surface area (Å²) in [4.78, 5) is 10.1. The molecule has 0 bridgehead atoms. The van der Waals surface area contributed by atoms with E-state index in [1.165, 1.54) is 81.2 Å². The molecule has 2 unspecified atom stereocenters. The van der Waals surface area contributed by atoms with E-state index in [-0.39, 0.29) is 0 Å². The van der Waals surface area contributed by atoms with Crippen molar-refractivity contribution in [1.82, 2.24) is 0 Å². The van der Waals surface area contributed by atoms with Gasteiger partial charge in [0.15, 0.2) is 0 Å². The van der Waals surface area contributed by atoms with Crippen molar-refractivity contribution in [3.8, 4) is 0 Å². The van der Waals surface area contributed by atoms with Crippen LogP contribution in [0.4, 0.5) is 0 Å². The van der Waals surface area contributed by atoms with Crippen LogP contribution in [0.5, 0.6) is 0 Å². The minimum absolute atomic E-state index is 0.556. The Bertz CT molecular complexity index is 610. The highest BCUT2D eigenvalue weighted by Crippen LogP contribution is 2.41. The van der Waals surface area contributed by atoms with Crippen molar-refractivity contribution in [1.29, 1.82) is 0 Å². The molecule has 0 aromatic heterocycles. The van der Waals surface area contributed by atoms with Gasteiger partial charge in [0, 0.05) is 24.4 Å². The first-order valence-corrected chi connectivity index (χ1v) is 10.5. The van der Waals surface area contributed by atoms with Gasteiger partial charge in [-0.1, -0.05) is 68.9 Å². The Hall–Kier alpha value is -1.44. The lowest BCUT2D eigenvalue weighted by molar-refractivity contribution is 0.235. The molecule has 2 atom stereocenters. The van der Waals surface area contributed by atoms with E-state index in [1.54, 1.807) is 0 Å². The molecule has 2 fully saturated rings. The van der Waals surface area contributed by atoms with E-state index in [0.717, 1.165) is 24.8 Å². The van der Waals surface area contributed by atoms with Crippen molar-refractivity contribution in [3.63, 3.8) is 0 Å². The molecular formula is C23H32N2. The number of hydrogen-bond acceptors (Lipinski definition) is 2. The van der Waals surface area contributed by atoms with E-state index >= 15 is 0 Å². The van der Waals surface area contributed by atoms with Gasteiger partial charge in [0.2, 0.25) is 0 Å². The summed E-state index contributed by atoms with van der Waals surface area (Å²) in [6.45, 7) is 1.02. The summed E-state index contributed by atoms with van der Waals surface area (Å²) in [6, 6.07) is 11.4. The summed E-state index contributed by atoms with van der Waals surface area (Å²) in [6.07, 6.45) is 14.7. The average molecular weight is 337 g/mol. The first kappa shape index (κ1) is 17.0. The summed E-state index contributed by atoms with van der Waals surface area (Å²) < 4.78 is 0. The fourth-order valence-electron chi connectivity index (χ4n) is 5.23. The smallest absolute Gasteiger partial charge is 0.0534 e. The Balaban J connectivity index is 1.56. The van der Waals surface area contributed by atoms with Crippen molar-refractivity contribution in [2.24, 2.45) is 21.8 Å². The second kappa shape index (κ2) is 8.29. The molecule has 1 aromatic rings. The van der Waals surface area contributed by atoms with Crippen molar-refractivity contribution < 1.29 is 0 Å². The molecule has 2 saturated carbocycles. The summed E-state index contributed by atoms with van der Waals surface area (Å²) in [5, 5.41) is 0. The Morgan fingerprint density at radius 2 is 1.76 bits per heavy atom. The van der Waals surface area contributed by atoms with Crippen LogP contribution in [0.3, 0.4) is 0 Å². The second-order valence-electron chi connectivity index (χ2n) is 8.23. The quantitative estimate of drug-likeness (QED) is 0.603. The average Bonchev–Trinajstić information content (AvgIpc) is 3.35. The van der Waals surface area contributed by atoms with Gasteiger partial charge in [-0.15, -0.1) is 0 Å². The van der Waals surface area contributed by atoms with E-state index in [2.05, 4.69) is 30.3 Å². The summed E-state index contributed by atoms with van der Waals surface area (Å²) in [5.41, 5.74) is 3.98. The molecule has 1 aromatic carbocycles. The molecule has 1 heterocycles. The second-order valence-corrected chi connectivity index (χ2v) is 8.23. The fraction of sp³-hybridized carbons (Fsp3) is 0.652. The molecule has 0 saturated heterocycles. The van der Waals surface area contributed by atoms with Gasteiger partial charge in [-0.3, -0.25) is 9.98 Å². The third-order valence-electron chi connectivity index (χ3n) is 6.55. The minimum atomic E-state index is 0.556. The maximum absolute atomic E-state index is 5.40. The molecule has 2 nitrogen and oxygen atoms in total. The number of nitrogens with zero attached hydrogens (tertiary/aromatic N) is 2. The van der Waals surface area contributed by atoms with Crippen LogP contribution in [0.25, 0.3) is 0 Å². The van der Waals surface area contributed by atoms with Gasteiger partial charge in [0.05, 0.1) is 6.04 Å². The normalized spacial score (nSPS) is 28.3. The van der Waals surface area contributed by atoms with Crippen LogP contribution in [0.2, 0.25) is 0 Å². The standard InChI is InChI=1S/C23H32N2/c1-3-9-18(10-4-1)21-14-7-15-22(21)25-23(17-20-13-8-16-24-20)19-11-5-2-6-12-19/h2,5-6,11-12,18,21-22H,1,3-4,7-10,13-17H2. The predicted molar refractivity (Wildman–Crippen MR) is 107 cm³/mol. The molecule has 0 amide bonds. The van der Waals surface area contributed by atoms with E-state index in [4.69, 9.17) is 9.98 Å². The highest BCUT2D eigenvalue weighted by atomic mass is 14.8. The third-order valence-corrected chi connectivity index (χ3v) is 6.55. The van der Waals surface area contributed by atoms with Crippen molar-refractivity contribution >= 4 is 11.4 Å². The van der Waals surface area contributed by atoms with Gasteiger partial charge in [0.25, 0.3) is 0 Å². The number of aliphatic imine (C=N–C) groups is 2. The van der Waals surface area contributed by atoms with Gasteiger partial charge in [0.1, 0.15) is 0 Å². The summed E-state index contributed by atoms with van der Waals surface area (Å²) in [5.74, 6) is 1.77. The zero-order valence-corrected chi connectivity index (χ0v) is 15.5. The molecule has 0 radical (unpaired) electrons. The zero-order chi connectivity index (χ0) is 16.9. The number of hydrogen-bond donors (Lipinski definition) is 0. The topological polar surface area (TPSA) is 24.7 Å². The highest BCUT2D eigenvalue weighted by Gasteiger charge is 2.34. The van der Waals surface area contributed by atoms with Crippen molar-refractivity contribution in [2.45, 2.75) is 76.7 Å². The first-order chi connectivity index (χ1) is 12.4. The van der Waals surface area contributed by atoms with Gasteiger partial charge < -0.3 is 0 Å². The van der Waals surface area contributed by atoms with Crippen molar-refractivity contribution in [2.75, 3.05) is 6.54 Å². The third kappa shape index (κ3) is 4.22. The number of benzene rings is 1. The lowest BCUT2D eigenvalue weighted by atomic mass is 9.77. The van der Waals surface area contributed by atoms with E-state index in [1.807, 2.05) is 0 Å². The predicted octanol–water partition coefficient (Wildman–Crippen LogP) is 5.85. The fourth-order valence-corrected chi connectivity index (χ4v) is 5.23. The maximum Gasteiger partial charge on any atom is 0.0534 e. The van der Waals surface area contributed by atoms with Crippen molar-refractivity contribution in [3.05, 3.63) is 35.9 Å². The Kier molecular flexibility index (Phi) is 5.64. The van der Waals surface area contributed by atoms with Crippen LogP contribution < -0.4 is 0 Å².